The van der Waals surface area contributed by atoms with Gasteiger partial charge in [0.25, 0.3) is 0 Å². The van der Waals surface area contributed by atoms with Crippen molar-refractivity contribution in [1.29, 1.82) is 0 Å². The maximum Gasteiger partial charge on any atom is 0.187 e. The zero-order valence-corrected chi connectivity index (χ0v) is 8.73. The Bertz CT molecular complexity index is 392. The van der Waals surface area contributed by atoms with E-state index in [0.717, 1.165) is 11.6 Å². The fourth-order valence-corrected chi connectivity index (χ4v) is 1.24. The number of hydrogen-bond donors (Lipinski definition) is 0. The van der Waals surface area contributed by atoms with E-state index in [1.807, 2.05) is 0 Å². The smallest absolute Gasteiger partial charge is 0.187 e. The molecule has 0 aromatic heterocycles. The van der Waals surface area contributed by atoms with Gasteiger partial charge in [-0.3, -0.25) is 4.79 Å². The molecule has 0 saturated heterocycles. The van der Waals surface area contributed by atoms with Crippen LogP contribution in [0.1, 0.15) is 24.2 Å². The summed E-state index contributed by atoms with van der Waals surface area (Å²) in [6, 6.07) is 3.74. The molecule has 74 valence electrons. The third kappa shape index (κ3) is 2.67. The Labute approximate surface area is 87.2 Å². The van der Waals surface area contributed by atoms with Gasteiger partial charge >= 0.3 is 0 Å². The molecule has 0 bridgehead atoms. The minimum Gasteiger partial charge on any atom is -0.289 e. The molecule has 0 fully saturated rings. The van der Waals surface area contributed by atoms with E-state index in [2.05, 4.69) is 0 Å². The topological polar surface area (TPSA) is 17.1 Å². The Hall–Kier alpha value is -1.15. The quantitative estimate of drug-likeness (QED) is 0.541. The zero-order chi connectivity index (χ0) is 10.7. The molecule has 1 aromatic rings. The van der Waals surface area contributed by atoms with Crippen molar-refractivity contribution in [2.75, 3.05) is 0 Å². The standard InChI is InChI=1S/C11H10ClFO/c1-7(2)5-11(14)9-6-8(13)3-4-10(9)12/h3-6H,1-2H3. The van der Waals surface area contributed by atoms with Gasteiger partial charge in [0.1, 0.15) is 5.82 Å². The first kappa shape index (κ1) is 10.9. The Balaban J connectivity index is 3.12. The van der Waals surface area contributed by atoms with E-state index < -0.39 is 5.82 Å². The highest BCUT2D eigenvalue weighted by Gasteiger charge is 2.08. The van der Waals surface area contributed by atoms with E-state index in [0.29, 0.717) is 0 Å². The first-order valence-corrected chi connectivity index (χ1v) is 4.53. The summed E-state index contributed by atoms with van der Waals surface area (Å²) in [6.07, 6.45) is 1.43. The lowest BCUT2D eigenvalue weighted by Gasteiger charge is -2.00. The maximum atomic E-state index is 12.8. The molecule has 0 saturated carbocycles. The number of rotatable bonds is 2. The van der Waals surface area contributed by atoms with Crippen molar-refractivity contribution in [1.82, 2.24) is 0 Å². The third-order valence-corrected chi connectivity index (χ3v) is 1.94. The molecular formula is C11H10ClFO. The summed E-state index contributed by atoms with van der Waals surface area (Å²) < 4.78 is 12.8. The summed E-state index contributed by atoms with van der Waals surface area (Å²) >= 11 is 5.76. The van der Waals surface area contributed by atoms with Crippen molar-refractivity contribution < 1.29 is 9.18 Å². The number of halogens is 2. The highest BCUT2D eigenvalue weighted by atomic mass is 35.5. The highest BCUT2D eigenvalue weighted by molar-refractivity contribution is 6.34. The van der Waals surface area contributed by atoms with Crippen LogP contribution in [-0.2, 0) is 0 Å². The van der Waals surface area contributed by atoms with Crippen LogP contribution in [0.25, 0.3) is 0 Å². The predicted octanol–water partition coefficient (Wildman–Crippen LogP) is 3.63. The number of allylic oxidation sites excluding steroid dienone is 2. The summed E-state index contributed by atoms with van der Waals surface area (Å²) in [5, 5.41) is 0.272. The molecule has 0 aliphatic rings. The van der Waals surface area contributed by atoms with Crippen LogP contribution in [-0.4, -0.2) is 5.78 Å². The monoisotopic (exact) mass is 212 g/mol. The van der Waals surface area contributed by atoms with Gasteiger partial charge in [-0.05, 0) is 38.1 Å². The SMILES string of the molecule is CC(C)=CC(=O)c1cc(F)ccc1Cl. The van der Waals surface area contributed by atoms with Gasteiger partial charge in [-0.15, -0.1) is 0 Å². The van der Waals surface area contributed by atoms with Crippen molar-refractivity contribution in [3.8, 4) is 0 Å². The summed E-state index contributed by atoms with van der Waals surface area (Å²) in [5.74, 6) is -0.727. The van der Waals surface area contributed by atoms with Crippen molar-refractivity contribution in [3.05, 3.63) is 46.3 Å². The van der Waals surface area contributed by atoms with Gasteiger partial charge in [0, 0.05) is 5.56 Å². The number of hydrogen-bond acceptors (Lipinski definition) is 1. The molecule has 0 heterocycles. The van der Waals surface area contributed by atoms with Crippen LogP contribution < -0.4 is 0 Å². The number of ketones is 1. The lowest BCUT2D eigenvalue weighted by atomic mass is 10.1. The molecule has 0 amide bonds. The van der Waals surface area contributed by atoms with E-state index >= 15 is 0 Å². The molecule has 0 atom stereocenters. The van der Waals surface area contributed by atoms with Crippen molar-refractivity contribution in [3.63, 3.8) is 0 Å². The molecule has 1 rings (SSSR count). The van der Waals surface area contributed by atoms with Crippen molar-refractivity contribution >= 4 is 17.4 Å². The molecule has 0 radical (unpaired) electrons. The molecule has 0 aliphatic heterocycles. The van der Waals surface area contributed by atoms with Gasteiger partial charge in [-0.1, -0.05) is 17.2 Å². The first-order chi connectivity index (χ1) is 6.50. The lowest BCUT2D eigenvalue weighted by molar-refractivity contribution is 0.104. The fraction of sp³-hybridized carbons (Fsp3) is 0.182. The molecule has 3 heteroatoms. The molecule has 14 heavy (non-hydrogen) atoms. The molecule has 0 aliphatic carbocycles. The van der Waals surface area contributed by atoms with Gasteiger partial charge in [-0.25, -0.2) is 4.39 Å². The Morgan fingerprint density at radius 3 is 2.64 bits per heavy atom. The molecule has 0 spiro atoms. The van der Waals surface area contributed by atoms with Crippen LogP contribution in [0.15, 0.2) is 29.8 Å². The Morgan fingerprint density at radius 1 is 1.43 bits per heavy atom. The van der Waals surface area contributed by atoms with Crippen LogP contribution >= 0.6 is 11.6 Å². The second-order valence-electron chi connectivity index (χ2n) is 3.21. The minimum absolute atomic E-state index is 0.202. The third-order valence-electron chi connectivity index (χ3n) is 1.61. The molecule has 0 unspecified atom stereocenters. The van der Waals surface area contributed by atoms with Gasteiger partial charge < -0.3 is 0 Å². The predicted molar refractivity (Wildman–Crippen MR) is 55.2 cm³/mol. The van der Waals surface area contributed by atoms with E-state index in [-0.39, 0.29) is 16.4 Å². The van der Waals surface area contributed by atoms with Gasteiger partial charge in [0.2, 0.25) is 0 Å². The van der Waals surface area contributed by atoms with Crippen LogP contribution in [0.5, 0.6) is 0 Å². The number of carbonyl (C=O) groups is 1. The Morgan fingerprint density at radius 2 is 2.07 bits per heavy atom. The van der Waals surface area contributed by atoms with Crippen molar-refractivity contribution in [2.24, 2.45) is 0 Å². The fourth-order valence-electron chi connectivity index (χ4n) is 1.03. The summed E-state index contributed by atoms with van der Waals surface area (Å²) in [4.78, 5) is 11.5. The van der Waals surface area contributed by atoms with Crippen LogP contribution in [0.2, 0.25) is 5.02 Å². The van der Waals surface area contributed by atoms with E-state index in [1.54, 1.807) is 13.8 Å². The first-order valence-electron chi connectivity index (χ1n) is 4.15. The van der Waals surface area contributed by atoms with Gasteiger partial charge in [0.15, 0.2) is 5.78 Å². The number of benzene rings is 1. The van der Waals surface area contributed by atoms with Crippen LogP contribution in [0.3, 0.4) is 0 Å². The molecule has 1 aromatic carbocycles. The summed E-state index contributed by atoms with van der Waals surface area (Å²) in [6.45, 7) is 3.59. The van der Waals surface area contributed by atoms with E-state index in [4.69, 9.17) is 11.6 Å². The lowest BCUT2D eigenvalue weighted by Crippen LogP contribution is -1.97. The minimum atomic E-state index is -0.458. The average Bonchev–Trinajstić information content (AvgIpc) is 2.08. The van der Waals surface area contributed by atoms with Crippen LogP contribution in [0, 0.1) is 5.82 Å². The summed E-state index contributed by atoms with van der Waals surface area (Å²) in [7, 11) is 0. The number of carbonyl (C=O) groups excluding carboxylic acids is 1. The van der Waals surface area contributed by atoms with Crippen molar-refractivity contribution in [2.45, 2.75) is 13.8 Å². The maximum absolute atomic E-state index is 12.8. The normalized spacial score (nSPS) is 9.71. The van der Waals surface area contributed by atoms with E-state index in [1.165, 1.54) is 18.2 Å². The second-order valence-corrected chi connectivity index (χ2v) is 3.62. The van der Waals surface area contributed by atoms with Gasteiger partial charge in [-0.2, -0.15) is 0 Å². The average molecular weight is 213 g/mol. The summed E-state index contributed by atoms with van der Waals surface area (Å²) in [5.41, 5.74) is 1.06. The van der Waals surface area contributed by atoms with Gasteiger partial charge in [0.05, 0.1) is 5.02 Å². The largest absolute Gasteiger partial charge is 0.289 e. The second kappa shape index (κ2) is 4.38. The van der Waals surface area contributed by atoms with Crippen LogP contribution in [0.4, 0.5) is 4.39 Å². The van der Waals surface area contributed by atoms with E-state index in [9.17, 15) is 9.18 Å². The zero-order valence-electron chi connectivity index (χ0n) is 7.97. The molecular weight excluding hydrogens is 203 g/mol. The molecule has 1 nitrogen and oxygen atoms in total. The Kier molecular flexibility index (Phi) is 3.42. The highest BCUT2D eigenvalue weighted by Crippen LogP contribution is 2.18. The molecule has 0 N–H and O–H groups in total.